The van der Waals surface area contributed by atoms with Gasteiger partial charge in [0, 0.05) is 18.6 Å². The second kappa shape index (κ2) is 5.36. The summed E-state index contributed by atoms with van der Waals surface area (Å²) in [5.41, 5.74) is 5.70. The number of nitrogens with two attached hydrogens (primary N) is 1. The molecule has 0 aliphatic carbocycles. The Balaban J connectivity index is 1.76. The molecule has 3 atom stereocenters. The van der Waals surface area contributed by atoms with E-state index < -0.39 is 0 Å². The van der Waals surface area contributed by atoms with Crippen LogP contribution in [0.4, 0.5) is 0 Å². The van der Waals surface area contributed by atoms with Crippen LogP contribution in [-0.4, -0.2) is 42.5 Å². The molecule has 17 heavy (non-hydrogen) atoms. The van der Waals surface area contributed by atoms with Crippen LogP contribution < -0.4 is 11.1 Å². The fourth-order valence-corrected chi connectivity index (χ4v) is 3.25. The molecular formula is C13H25N3O. The van der Waals surface area contributed by atoms with Crippen molar-refractivity contribution < 1.29 is 4.79 Å². The van der Waals surface area contributed by atoms with Crippen LogP contribution in [0.2, 0.25) is 0 Å². The van der Waals surface area contributed by atoms with Crippen molar-refractivity contribution in [1.29, 1.82) is 0 Å². The van der Waals surface area contributed by atoms with Gasteiger partial charge >= 0.3 is 0 Å². The Hall–Kier alpha value is -0.610. The van der Waals surface area contributed by atoms with Crippen LogP contribution in [0.5, 0.6) is 0 Å². The van der Waals surface area contributed by atoms with Gasteiger partial charge in [0.2, 0.25) is 5.91 Å². The van der Waals surface area contributed by atoms with E-state index in [-0.39, 0.29) is 11.9 Å². The van der Waals surface area contributed by atoms with Gasteiger partial charge in [-0.3, -0.25) is 4.79 Å². The van der Waals surface area contributed by atoms with Gasteiger partial charge in [0.15, 0.2) is 0 Å². The maximum Gasteiger partial charge on any atom is 0.236 e. The normalized spacial score (nSPS) is 34.6. The van der Waals surface area contributed by atoms with Gasteiger partial charge in [0.1, 0.15) is 0 Å². The van der Waals surface area contributed by atoms with Gasteiger partial charge in [-0.1, -0.05) is 6.92 Å². The van der Waals surface area contributed by atoms with E-state index in [1.807, 2.05) is 6.92 Å². The molecular weight excluding hydrogens is 214 g/mol. The average Bonchev–Trinajstić information content (AvgIpc) is 2.57. The third-order valence-electron chi connectivity index (χ3n) is 4.54. The topological polar surface area (TPSA) is 58.4 Å². The number of fused-ring (bicyclic) bond motifs is 2. The summed E-state index contributed by atoms with van der Waals surface area (Å²) in [5.74, 6) is 0.662. The number of amides is 1. The second-order valence-corrected chi connectivity index (χ2v) is 5.65. The van der Waals surface area contributed by atoms with Gasteiger partial charge < -0.3 is 16.0 Å². The van der Waals surface area contributed by atoms with Crippen molar-refractivity contribution in [3.05, 3.63) is 0 Å². The Labute approximate surface area is 104 Å². The highest BCUT2D eigenvalue weighted by Gasteiger charge is 2.38. The lowest BCUT2D eigenvalue weighted by Crippen LogP contribution is -2.46. The van der Waals surface area contributed by atoms with E-state index >= 15 is 0 Å². The fourth-order valence-electron chi connectivity index (χ4n) is 3.25. The van der Waals surface area contributed by atoms with Crippen LogP contribution in [-0.2, 0) is 4.79 Å². The van der Waals surface area contributed by atoms with Gasteiger partial charge in [-0.05, 0) is 45.1 Å². The highest BCUT2D eigenvalue weighted by Crippen LogP contribution is 2.36. The van der Waals surface area contributed by atoms with Crippen molar-refractivity contribution in [2.24, 2.45) is 11.7 Å². The molecule has 0 saturated carbocycles. The summed E-state index contributed by atoms with van der Waals surface area (Å²) in [6.45, 7) is 2.76. The number of piperidine rings is 1. The number of rotatable bonds is 4. The van der Waals surface area contributed by atoms with Crippen LogP contribution >= 0.6 is 0 Å². The fraction of sp³-hybridized carbons (Fsp3) is 0.923. The van der Waals surface area contributed by atoms with E-state index in [9.17, 15) is 4.79 Å². The number of hydrogen-bond donors (Lipinski definition) is 2. The average molecular weight is 239 g/mol. The molecule has 0 spiro atoms. The van der Waals surface area contributed by atoms with Crippen molar-refractivity contribution in [1.82, 2.24) is 10.2 Å². The zero-order valence-electron chi connectivity index (χ0n) is 11.0. The molecule has 2 heterocycles. The monoisotopic (exact) mass is 239 g/mol. The third kappa shape index (κ3) is 2.80. The Kier molecular flexibility index (Phi) is 4.05. The largest absolute Gasteiger partial charge is 0.354 e. The first-order valence-corrected chi connectivity index (χ1v) is 6.87. The van der Waals surface area contributed by atoms with E-state index in [1.165, 1.54) is 25.7 Å². The first kappa shape index (κ1) is 12.8. The summed E-state index contributed by atoms with van der Waals surface area (Å²) in [6.07, 6.45) is 5.84. The molecule has 0 radical (unpaired) electrons. The van der Waals surface area contributed by atoms with E-state index in [1.54, 1.807) is 0 Å². The molecule has 98 valence electrons. The minimum Gasteiger partial charge on any atom is -0.354 e. The Morgan fingerprint density at radius 2 is 2.00 bits per heavy atom. The minimum atomic E-state index is -0.335. The minimum absolute atomic E-state index is 0.0128. The summed E-state index contributed by atoms with van der Waals surface area (Å²) < 4.78 is 0. The first-order chi connectivity index (χ1) is 8.11. The van der Waals surface area contributed by atoms with Gasteiger partial charge in [-0.15, -0.1) is 0 Å². The zero-order valence-corrected chi connectivity index (χ0v) is 11.0. The molecule has 4 heteroatoms. The van der Waals surface area contributed by atoms with Crippen LogP contribution in [0, 0.1) is 5.92 Å². The van der Waals surface area contributed by atoms with E-state index in [0.717, 1.165) is 18.6 Å². The molecule has 0 aromatic carbocycles. The first-order valence-electron chi connectivity index (χ1n) is 6.87. The van der Waals surface area contributed by atoms with Crippen molar-refractivity contribution >= 4 is 5.91 Å². The molecule has 0 aromatic rings. The summed E-state index contributed by atoms with van der Waals surface area (Å²) in [7, 11) is 2.24. The number of hydrogen-bond acceptors (Lipinski definition) is 3. The predicted molar refractivity (Wildman–Crippen MR) is 68.6 cm³/mol. The smallest absolute Gasteiger partial charge is 0.236 e. The van der Waals surface area contributed by atoms with Gasteiger partial charge in [0.25, 0.3) is 0 Å². The van der Waals surface area contributed by atoms with E-state index in [4.69, 9.17) is 5.73 Å². The van der Waals surface area contributed by atoms with Crippen LogP contribution in [0.15, 0.2) is 0 Å². The van der Waals surface area contributed by atoms with Crippen molar-refractivity contribution in [3.63, 3.8) is 0 Å². The molecule has 2 saturated heterocycles. The van der Waals surface area contributed by atoms with Crippen molar-refractivity contribution in [2.45, 2.75) is 57.2 Å². The quantitative estimate of drug-likeness (QED) is 0.760. The molecule has 2 rings (SSSR count). The van der Waals surface area contributed by atoms with Gasteiger partial charge in [-0.25, -0.2) is 0 Å². The molecule has 4 nitrogen and oxygen atoms in total. The summed E-state index contributed by atoms with van der Waals surface area (Å²) >= 11 is 0. The summed E-state index contributed by atoms with van der Waals surface area (Å²) in [6, 6.07) is 1.16. The second-order valence-electron chi connectivity index (χ2n) is 5.65. The summed E-state index contributed by atoms with van der Waals surface area (Å²) in [4.78, 5) is 14.1. The molecule has 2 aliphatic rings. The lowest BCUT2D eigenvalue weighted by atomic mass is 9.91. The molecule has 2 bridgehead atoms. The maximum atomic E-state index is 11.6. The van der Waals surface area contributed by atoms with Gasteiger partial charge in [0.05, 0.1) is 6.04 Å². The Bertz CT molecular complexity index is 268. The van der Waals surface area contributed by atoms with Crippen molar-refractivity contribution in [3.8, 4) is 0 Å². The maximum absolute atomic E-state index is 11.6. The SMILES string of the molecule is CC[C@@H](N)C(=O)NCC1CC2CCC(C1)N2C. The number of nitrogens with zero attached hydrogens (tertiary/aromatic N) is 1. The van der Waals surface area contributed by atoms with E-state index in [2.05, 4.69) is 17.3 Å². The molecule has 3 N–H and O–H groups in total. The Morgan fingerprint density at radius 3 is 2.53 bits per heavy atom. The molecule has 1 amide bonds. The summed E-state index contributed by atoms with van der Waals surface area (Å²) in [5, 5.41) is 3.00. The van der Waals surface area contributed by atoms with Crippen LogP contribution in [0.1, 0.15) is 39.0 Å². The third-order valence-corrected chi connectivity index (χ3v) is 4.54. The van der Waals surface area contributed by atoms with Crippen LogP contribution in [0.3, 0.4) is 0 Å². The molecule has 2 unspecified atom stereocenters. The predicted octanol–water partition coefficient (Wildman–Crippen LogP) is 0.713. The van der Waals surface area contributed by atoms with Crippen molar-refractivity contribution in [2.75, 3.05) is 13.6 Å². The highest BCUT2D eigenvalue weighted by molar-refractivity contribution is 5.81. The number of carbonyl (C=O) groups excluding carboxylic acids is 1. The molecule has 2 fully saturated rings. The number of carbonyl (C=O) groups is 1. The lowest BCUT2D eigenvalue weighted by Gasteiger charge is -2.36. The van der Waals surface area contributed by atoms with E-state index in [0.29, 0.717) is 12.3 Å². The zero-order chi connectivity index (χ0) is 12.4. The molecule has 0 aromatic heterocycles. The van der Waals surface area contributed by atoms with Gasteiger partial charge in [-0.2, -0.15) is 0 Å². The lowest BCUT2D eigenvalue weighted by molar-refractivity contribution is -0.122. The number of nitrogens with one attached hydrogen (secondary N) is 1. The highest BCUT2D eigenvalue weighted by atomic mass is 16.2. The van der Waals surface area contributed by atoms with Crippen LogP contribution in [0.25, 0.3) is 0 Å². The standard InChI is InChI=1S/C13H25N3O/c1-3-12(14)13(17)15-8-9-6-10-4-5-11(7-9)16(10)2/h9-12H,3-8,14H2,1-2H3,(H,15,17)/t9?,10?,11?,12-/m1/s1. The Morgan fingerprint density at radius 1 is 1.41 bits per heavy atom. The molecule has 2 aliphatic heterocycles.